The van der Waals surface area contributed by atoms with E-state index in [0.717, 1.165) is 71.1 Å². The van der Waals surface area contributed by atoms with Crippen LogP contribution in [0, 0.1) is 21.7 Å². The molecular formula is C61H62F6N4S4+2. The van der Waals surface area contributed by atoms with Gasteiger partial charge >= 0.3 is 18.3 Å². The number of hydrogen-bond acceptors (Lipinski definition) is 4. The highest BCUT2D eigenvalue weighted by Gasteiger charge is 2.77. The monoisotopic (exact) mass is 1090 g/mol. The van der Waals surface area contributed by atoms with E-state index in [1.165, 1.54) is 38.2 Å². The molecule has 1 unspecified atom stereocenters. The highest BCUT2D eigenvalue weighted by atomic mass is 32.1. The summed E-state index contributed by atoms with van der Waals surface area (Å²) in [6, 6.07) is 19.7. The zero-order valence-electron chi connectivity index (χ0n) is 44.9. The van der Waals surface area contributed by atoms with Gasteiger partial charge < -0.3 is 0 Å². The minimum absolute atomic E-state index is 0.00734. The largest absolute Gasteiger partial charge is 0.553 e. The first-order valence-electron chi connectivity index (χ1n) is 25.7. The Morgan fingerprint density at radius 1 is 0.493 bits per heavy atom. The summed E-state index contributed by atoms with van der Waals surface area (Å²) in [5.41, 5.74) is 1.75. The second-order valence-electron chi connectivity index (χ2n) is 26.1. The van der Waals surface area contributed by atoms with E-state index in [9.17, 15) is 0 Å². The quantitative estimate of drug-likeness (QED) is 0.107. The summed E-state index contributed by atoms with van der Waals surface area (Å²) in [6.45, 7) is 29.8. The van der Waals surface area contributed by atoms with Gasteiger partial charge in [-0.05, 0) is 122 Å². The molecule has 0 radical (unpaired) electrons. The molecule has 4 nitrogen and oxygen atoms in total. The molecular weight excluding hydrogens is 1030 g/mol. The number of nitrogens with zero attached hydrogens (tertiary/aromatic N) is 4. The Hall–Kier alpha value is -5.02. The highest BCUT2D eigenvalue weighted by Crippen LogP contribution is 2.61. The third-order valence-corrected chi connectivity index (χ3v) is 19.2. The SMILES string of the molecule is CC1=c2cc(-c3ccc(CC(C)(C)C)s3)c3n2C24n5c(cc(-c6ccc(CC(C)(C)C)s6)c5C(C(F)(F)F)=C5C=C(c6ccc(CC(C)(C)C)s6)C1=[N+]52)C(C(F)(F)F)=C1C(c2ccc(CC(C)(C)C)s2)=CC(=[N+]14)C=3C. The van der Waals surface area contributed by atoms with Crippen LogP contribution < -0.4 is 10.7 Å². The van der Waals surface area contributed by atoms with Gasteiger partial charge in [-0.2, -0.15) is 35.5 Å². The molecule has 1 atom stereocenters. The maximum atomic E-state index is 17.0. The van der Waals surface area contributed by atoms with Crippen LogP contribution in [0.15, 0.2) is 84.2 Å². The fourth-order valence-corrected chi connectivity index (χ4v) is 17.7. The molecule has 1 spiro atoms. The van der Waals surface area contributed by atoms with Gasteiger partial charge in [-0.3, -0.25) is 0 Å². The molecule has 0 saturated carbocycles. The summed E-state index contributed by atoms with van der Waals surface area (Å²) in [6.07, 6.45) is -3.44. The summed E-state index contributed by atoms with van der Waals surface area (Å²) < 4.78 is 109. The summed E-state index contributed by atoms with van der Waals surface area (Å²) in [5, 5.41) is 1.51. The molecule has 0 saturated heterocycles. The number of halogens is 6. The van der Waals surface area contributed by atoms with Crippen molar-refractivity contribution in [3.8, 4) is 20.9 Å². The van der Waals surface area contributed by atoms with E-state index in [1.807, 2.05) is 50.3 Å². The first-order chi connectivity index (χ1) is 34.7. The first kappa shape index (κ1) is 50.8. The average Bonchev–Trinajstić information content (AvgIpc) is 4.22. The van der Waals surface area contributed by atoms with Crippen molar-refractivity contribution in [2.45, 2.75) is 141 Å². The van der Waals surface area contributed by atoms with Crippen LogP contribution in [0.2, 0.25) is 0 Å². The van der Waals surface area contributed by atoms with Crippen LogP contribution in [0.1, 0.15) is 138 Å². The van der Waals surface area contributed by atoms with E-state index in [1.54, 1.807) is 37.9 Å². The Balaban J connectivity index is 1.28. The topological polar surface area (TPSA) is 15.9 Å². The van der Waals surface area contributed by atoms with Crippen molar-refractivity contribution in [3.05, 3.63) is 136 Å². The van der Waals surface area contributed by atoms with Gasteiger partial charge in [-0.1, -0.05) is 92.2 Å². The van der Waals surface area contributed by atoms with Gasteiger partial charge in [0, 0.05) is 73.4 Å². The molecule has 6 aromatic rings. The van der Waals surface area contributed by atoms with Crippen LogP contribution in [-0.4, -0.2) is 42.1 Å². The predicted molar refractivity (Wildman–Crippen MR) is 300 cm³/mol. The van der Waals surface area contributed by atoms with Crippen LogP contribution in [0.25, 0.3) is 54.3 Å². The maximum absolute atomic E-state index is 17.0. The summed E-state index contributed by atoms with van der Waals surface area (Å²) >= 11 is 6.12. The number of allylic oxidation sites excluding steroid dienone is 6. The van der Waals surface area contributed by atoms with Gasteiger partial charge in [-0.25, -0.2) is 0 Å². The lowest BCUT2D eigenvalue weighted by Crippen LogP contribution is -2.71. The summed E-state index contributed by atoms with van der Waals surface area (Å²) in [4.78, 5) is 7.24. The van der Waals surface area contributed by atoms with Crippen molar-refractivity contribution in [2.24, 2.45) is 21.7 Å². The standard InChI is InChI=1S/C61H62F6N4S4/c1-31-41-23-37(45-19-15-33(72-45)27-55(3,4)5)51-32(2)42-24-39(47-21-17-35(74-47)29-57(9,10)11)53-50(60(65,66)67)44-26-40(48-22-18-36(75-48)30-58(12,13)14)54-49(59(62,63)64)43-25-38(46-20-16-34(73-46)28-56(6,7)8)52(31)70(43)61(68(41)51,69(42)53)71(44)54/h15-26H,27-30H2,1-14H3/q+2. The first-order valence-corrected chi connectivity index (χ1v) is 29.0. The third-order valence-electron chi connectivity index (χ3n) is 14.8. The second kappa shape index (κ2) is 16.0. The molecule has 0 amide bonds. The molecule has 6 aliphatic rings. The smallest absolute Gasteiger partial charge is 0.198 e. The lowest BCUT2D eigenvalue weighted by Gasteiger charge is -2.41. The molecule has 75 heavy (non-hydrogen) atoms. The van der Waals surface area contributed by atoms with E-state index in [-0.39, 0.29) is 50.0 Å². The number of alkyl halides is 6. The predicted octanol–water partition coefficient (Wildman–Crippen LogP) is 16.4. The van der Waals surface area contributed by atoms with Crippen LogP contribution in [0.3, 0.4) is 0 Å². The molecule has 6 aliphatic heterocycles. The number of thiophene rings is 4. The fourth-order valence-electron chi connectivity index (χ4n) is 12.4. The summed E-state index contributed by atoms with van der Waals surface area (Å²) in [5.74, 6) is -1.87. The third kappa shape index (κ3) is 7.82. The Labute approximate surface area is 451 Å². The van der Waals surface area contributed by atoms with Crippen molar-refractivity contribution in [1.82, 2.24) is 9.13 Å². The Morgan fingerprint density at radius 3 is 1.43 bits per heavy atom. The maximum Gasteiger partial charge on any atom is 0.553 e. The number of aromatic nitrogens is 2. The van der Waals surface area contributed by atoms with Crippen molar-refractivity contribution in [1.29, 1.82) is 0 Å². The molecule has 6 aromatic heterocycles. The average molecular weight is 1090 g/mol. The molecule has 0 aromatic carbocycles. The van der Waals surface area contributed by atoms with E-state index in [2.05, 4.69) is 112 Å². The molecule has 12 heterocycles. The van der Waals surface area contributed by atoms with Crippen LogP contribution in [0.5, 0.6) is 0 Å². The molecule has 0 aliphatic carbocycles. The van der Waals surface area contributed by atoms with Gasteiger partial charge in [0.2, 0.25) is 22.8 Å². The van der Waals surface area contributed by atoms with Crippen LogP contribution in [0.4, 0.5) is 26.3 Å². The molecule has 0 fully saturated rings. The lowest BCUT2D eigenvalue weighted by atomic mass is 9.91. The van der Waals surface area contributed by atoms with Gasteiger partial charge in [0.05, 0.1) is 33.2 Å². The van der Waals surface area contributed by atoms with Gasteiger partial charge in [0.25, 0.3) is 0 Å². The van der Waals surface area contributed by atoms with Crippen LogP contribution >= 0.6 is 45.3 Å². The zero-order chi connectivity index (χ0) is 53.8. The molecule has 390 valence electrons. The fraction of sp³-hybridized carbons (Fsp3) is 0.410. The van der Waals surface area contributed by atoms with Crippen LogP contribution in [-0.2, 0) is 31.6 Å². The molecule has 12 rings (SSSR count). The van der Waals surface area contributed by atoms with E-state index < -0.39 is 29.4 Å². The Kier molecular flexibility index (Phi) is 10.9. The van der Waals surface area contributed by atoms with Gasteiger partial charge in [-0.15, -0.1) is 45.3 Å². The van der Waals surface area contributed by atoms with Gasteiger partial charge in [0.1, 0.15) is 0 Å². The minimum Gasteiger partial charge on any atom is -0.198 e. The lowest BCUT2D eigenvalue weighted by molar-refractivity contribution is -0.834. The normalized spacial score (nSPS) is 19.4. The van der Waals surface area contributed by atoms with Crippen molar-refractivity contribution < 1.29 is 35.5 Å². The van der Waals surface area contributed by atoms with Crippen molar-refractivity contribution in [3.63, 3.8) is 0 Å². The molecule has 0 bridgehead atoms. The number of rotatable bonds is 8. The molecule has 0 N–H and O–H groups in total. The highest BCUT2D eigenvalue weighted by molar-refractivity contribution is 7.16. The summed E-state index contributed by atoms with van der Waals surface area (Å²) in [7, 11) is 0. The van der Waals surface area contributed by atoms with Crippen molar-refractivity contribution in [2.75, 3.05) is 0 Å². The van der Waals surface area contributed by atoms with E-state index >= 15 is 26.3 Å². The molecule has 14 heteroatoms. The second-order valence-corrected chi connectivity index (χ2v) is 30.8. The minimum atomic E-state index is -5.00. The van der Waals surface area contributed by atoms with E-state index in [0.29, 0.717) is 38.7 Å². The van der Waals surface area contributed by atoms with Crippen molar-refractivity contribution >= 4 is 90.2 Å². The Bertz CT molecular complexity index is 3860. The Morgan fingerprint density at radius 2 is 0.947 bits per heavy atom. The van der Waals surface area contributed by atoms with E-state index in [4.69, 9.17) is 0 Å². The van der Waals surface area contributed by atoms with Gasteiger partial charge in [0.15, 0.2) is 11.1 Å². The number of hydrogen-bond donors (Lipinski definition) is 0. The zero-order valence-corrected chi connectivity index (χ0v) is 48.2.